The van der Waals surface area contributed by atoms with E-state index in [4.69, 9.17) is 10.5 Å². The van der Waals surface area contributed by atoms with Crippen molar-refractivity contribution in [2.45, 2.75) is 0 Å². The summed E-state index contributed by atoms with van der Waals surface area (Å²) in [5, 5.41) is 0. The van der Waals surface area contributed by atoms with Crippen LogP contribution in [0.4, 0.5) is 0 Å². The van der Waals surface area contributed by atoms with Crippen LogP contribution in [0.15, 0.2) is 18.3 Å². The molecule has 0 fully saturated rings. The first-order valence-corrected chi connectivity index (χ1v) is 3.48. The molecule has 0 spiro atoms. The summed E-state index contributed by atoms with van der Waals surface area (Å²) in [7, 11) is 3.35. The summed E-state index contributed by atoms with van der Waals surface area (Å²) in [4.78, 5) is 10.7. The van der Waals surface area contributed by atoms with Crippen LogP contribution in [0.25, 0.3) is 0 Å². The van der Waals surface area contributed by atoms with Crippen molar-refractivity contribution in [3.63, 3.8) is 0 Å². The molecule has 0 aliphatic rings. The van der Waals surface area contributed by atoms with E-state index in [1.165, 1.54) is 0 Å². The van der Waals surface area contributed by atoms with E-state index >= 15 is 0 Å². The molecule has 0 saturated heterocycles. The maximum absolute atomic E-state index is 10.7. The van der Waals surface area contributed by atoms with Crippen LogP contribution in [-0.2, 0) is 7.05 Å². The topological polar surface area (TPSA) is 56.2 Å². The van der Waals surface area contributed by atoms with Gasteiger partial charge in [0.05, 0.1) is 13.2 Å². The summed E-state index contributed by atoms with van der Waals surface area (Å²) >= 11 is 0. The van der Waals surface area contributed by atoms with Gasteiger partial charge in [0, 0.05) is 0 Å². The highest BCUT2D eigenvalue weighted by molar-refractivity contribution is 5.92. The Morgan fingerprint density at radius 1 is 1.58 bits per heavy atom. The normalized spacial score (nSPS) is 9.50. The molecule has 1 aromatic rings. The van der Waals surface area contributed by atoms with Crippen molar-refractivity contribution in [2.75, 3.05) is 7.11 Å². The molecule has 1 rings (SSSR count). The average molecular weight is 167 g/mol. The van der Waals surface area contributed by atoms with E-state index in [-0.39, 0.29) is 0 Å². The largest absolute Gasteiger partial charge is 0.448 e. The number of nitrogens with zero attached hydrogens (tertiary/aromatic N) is 1. The minimum absolute atomic E-state index is 0.437. The molecular weight excluding hydrogens is 156 g/mol. The maximum atomic E-state index is 10.7. The fraction of sp³-hybridized carbons (Fsp3) is 0.250. The third-order valence-electron chi connectivity index (χ3n) is 1.58. The molecule has 1 aromatic heterocycles. The summed E-state index contributed by atoms with van der Waals surface area (Å²) in [6.07, 6.45) is 1.63. The van der Waals surface area contributed by atoms with Gasteiger partial charge in [0.1, 0.15) is 12.6 Å². The quantitative estimate of drug-likeness (QED) is 0.610. The Balaban J connectivity index is 3.10. The smallest absolute Gasteiger partial charge is 0.367 e. The van der Waals surface area contributed by atoms with Gasteiger partial charge in [0.2, 0.25) is 0 Å². The highest BCUT2D eigenvalue weighted by atomic mass is 16.5. The Bertz CT molecular complexity index is 310. The van der Waals surface area contributed by atoms with Gasteiger partial charge in [0.25, 0.3) is 5.91 Å². The molecule has 0 atom stereocenters. The highest BCUT2D eigenvalue weighted by Gasteiger charge is 2.09. The van der Waals surface area contributed by atoms with Crippen molar-refractivity contribution in [3.05, 3.63) is 23.9 Å². The molecule has 12 heavy (non-hydrogen) atoms. The predicted molar refractivity (Wildman–Crippen MR) is 42.7 cm³/mol. The molecule has 0 radical (unpaired) electrons. The number of hydrogen-bond donors (Lipinski definition) is 1. The molecule has 0 aromatic carbocycles. The van der Waals surface area contributed by atoms with Crippen LogP contribution in [0.5, 0.6) is 5.88 Å². The number of aromatic nitrogens is 1. The number of amides is 1. The van der Waals surface area contributed by atoms with Crippen molar-refractivity contribution in [1.82, 2.24) is 0 Å². The number of primary amides is 1. The second-order valence-corrected chi connectivity index (χ2v) is 2.44. The Kier molecular flexibility index (Phi) is 2.28. The summed E-state index contributed by atoms with van der Waals surface area (Å²) in [5.74, 6) is 0.244. The molecule has 0 bridgehead atoms. The average Bonchev–Trinajstić information content (AvgIpc) is 2.04. The van der Waals surface area contributed by atoms with Crippen molar-refractivity contribution < 1.29 is 14.1 Å². The lowest BCUT2D eigenvalue weighted by Gasteiger charge is -1.97. The van der Waals surface area contributed by atoms with Crippen LogP contribution in [-0.4, -0.2) is 13.0 Å². The molecule has 64 valence electrons. The van der Waals surface area contributed by atoms with Gasteiger partial charge in [-0.15, -0.1) is 0 Å². The Morgan fingerprint density at radius 3 is 2.67 bits per heavy atom. The number of aryl methyl sites for hydroxylation is 1. The molecule has 2 N–H and O–H groups in total. The number of nitrogens with two attached hydrogens (primary N) is 1. The molecular formula is C8H11N2O2+. The monoisotopic (exact) mass is 167 g/mol. The zero-order valence-electron chi connectivity index (χ0n) is 7.07. The molecule has 0 unspecified atom stereocenters. The lowest BCUT2D eigenvalue weighted by atomic mass is 10.3. The minimum atomic E-state index is -0.437. The van der Waals surface area contributed by atoms with E-state index < -0.39 is 5.91 Å². The van der Waals surface area contributed by atoms with E-state index in [2.05, 4.69) is 0 Å². The third-order valence-corrected chi connectivity index (χ3v) is 1.58. The second kappa shape index (κ2) is 3.21. The van der Waals surface area contributed by atoms with Crippen molar-refractivity contribution in [2.24, 2.45) is 12.8 Å². The Morgan fingerprint density at radius 2 is 2.25 bits per heavy atom. The third kappa shape index (κ3) is 1.53. The predicted octanol–water partition coefficient (Wildman–Crippen LogP) is -0.381. The van der Waals surface area contributed by atoms with Gasteiger partial charge < -0.3 is 10.5 Å². The lowest BCUT2D eigenvalue weighted by Crippen LogP contribution is -2.31. The highest BCUT2D eigenvalue weighted by Crippen LogP contribution is 2.02. The van der Waals surface area contributed by atoms with Crippen LogP contribution in [0.3, 0.4) is 0 Å². The number of pyridine rings is 1. The molecule has 0 saturated carbocycles. The number of rotatable bonds is 2. The lowest BCUT2D eigenvalue weighted by molar-refractivity contribution is -0.676. The first-order valence-electron chi connectivity index (χ1n) is 3.48. The minimum Gasteiger partial charge on any atom is -0.448 e. The van der Waals surface area contributed by atoms with Gasteiger partial charge in [-0.25, -0.2) is 0 Å². The number of carbonyl (C=O) groups is 1. The van der Waals surface area contributed by atoms with E-state index in [1.54, 1.807) is 37.1 Å². The molecule has 0 aliphatic heterocycles. The van der Waals surface area contributed by atoms with Gasteiger partial charge in [-0.1, -0.05) is 0 Å². The molecule has 1 heterocycles. The van der Waals surface area contributed by atoms with Crippen LogP contribution in [0, 0.1) is 0 Å². The van der Waals surface area contributed by atoms with Crippen molar-refractivity contribution in [1.29, 1.82) is 0 Å². The van der Waals surface area contributed by atoms with E-state index in [0.29, 0.717) is 11.4 Å². The zero-order chi connectivity index (χ0) is 9.14. The van der Waals surface area contributed by atoms with Crippen molar-refractivity contribution in [3.8, 4) is 5.88 Å². The number of ether oxygens (including phenoxy) is 1. The van der Waals surface area contributed by atoms with Gasteiger partial charge in [-0.3, -0.25) is 4.79 Å². The molecule has 1 amide bonds. The van der Waals surface area contributed by atoms with E-state index in [0.717, 1.165) is 0 Å². The summed E-state index contributed by atoms with van der Waals surface area (Å²) in [6, 6.07) is 3.32. The second-order valence-electron chi connectivity index (χ2n) is 2.44. The van der Waals surface area contributed by atoms with E-state index in [1.807, 2.05) is 0 Å². The van der Waals surface area contributed by atoms with Gasteiger partial charge in [-0.05, 0) is 6.07 Å². The van der Waals surface area contributed by atoms with Crippen LogP contribution >= 0.6 is 0 Å². The summed E-state index contributed by atoms with van der Waals surface area (Å²) in [6.45, 7) is 0. The van der Waals surface area contributed by atoms with Gasteiger partial charge in [-0.2, -0.15) is 4.57 Å². The fourth-order valence-electron chi connectivity index (χ4n) is 0.952. The fourth-order valence-corrected chi connectivity index (χ4v) is 0.952. The Labute approximate surface area is 70.6 Å². The number of hydrogen-bond acceptors (Lipinski definition) is 2. The standard InChI is InChI=1S/C8H10N2O2/c1-10-5-6(8(9)11)3-4-7(10)12-2/h3-5H,1-2H3,(H-,9,11)/p+1. The summed E-state index contributed by atoms with van der Waals surface area (Å²) in [5.41, 5.74) is 5.55. The first kappa shape index (κ1) is 8.52. The van der Waals surface area contributed by atoms with Crippen LogP contribution in [0.1, 0.15) is 10.4 Å². The molecule has 4 nitrogen and oxygen atoms in total. The van der Waals surface area contributed by atoms with E-state index in [9.17, 15) is 4.79 Å². The number of methoxy groups -OCH3 is 1. The SMILES string of the molecule is COc1ccc(C(N)=O)c[n+]1C. The van der Waals surface area contributed by atoms with Crippen molar-refractivity contribution >= 4 is 5.91 Å². The van der Waals surface area contributed by atoms with Gasteiger partial charge in [0.15, 0.2) is 6.20 Å². The van der Waals surface area contributed by atoms with Crippen LogP contribution < -0.4 is 15.0 Å². The maximum Gasteiger partial charge on any atom is 0.367 e. The molecule has 0 aliphatic carbocycles. The Hall–Kier alpha value is -1.58. The summed E-state index contributed by atoms with van der Waals surface area (Å²) < 4.78 is 6.69. The zero-order valence-corrected chi connectivity index (χ0v) is 7.07. The van der Waals surface area contributed by atoms with Crippen LogP contribution in [0.2, 0.25) is 0 Å². The number of carbonyl (C=O) groups excluding carboxylic acids is 1. The first-order chi connectivity index (χ1) is 5.65. The van der Waals surface area contributed by atoms with Gasteiger partial charge >= 0.3 is 5.88 Å². The molecule has 4 heteroatoms.